The molecule has 9 heteroatoms. The van der Waals surface area contributed by atoms with Gasteiger partial charge in [0.25, 0.3) is 17.4 Å². The Morgan fingerprint density at radius 2 is 1.70 bits per heavy atom. The van der Waals surface area contributed by atoms with E-state index in [0.717, 1.165) is 10.4 Å². The molecule has 0 saturated carbocycles. The predicted octanol–water partition coefficient (Wildman–Crippen LogP) is 5.23. The standard InChI is InChI=1S/C24H21N3O3S3/c1-14(2)12-27-23(30)19-17(18-8-5-10-31-18)13-33-20(19)25-24(27)32-11-9-26-21(28)15-6-3-4-7-16(15)22(26)29/h3-8,10,13-14H,9,11-12H2,1-2H3. The van der Waals surface area contributed by atoms with Crippen LogP contribution in [-0.2, 0) is 6.54 Å². The van der Waals surface area contributed by atoms with Crippen LogP contribution in [0.1, 0.15) is 34.6 Å². The molecule has 1 aromatic carbocycles. The van der Waals surface area contributed by atoms with Gasteiger partial charge < -0.3 is 0 Å². The van der Waals surface area contributed by atoms with Gasteiger partial charge in [-0.05, 0) is 29.5 Å². The number of thioether (sulfide) groups is 1. The van der Waals surface area contributed by atoms with Crippen molar-refractivity contribution in [2.75, 3.05) is 12.3 Å². The average molecular weight is 496 g/mol. The number of amides is 2. The first-order valence-corrected chi connectivity index (χ1v) is 13.3. The fraction of sp³-hybridized carbons (Fsp3) is 0.250. The van der Waals surface area contributed by atoms with Gasteiger partial charge in [-0.2, -0.15) is 0 Å². The molecule has 0 bridgehead atoms. The van der Waals surface area contributed by atoms with E-state index in [1.807, 2.05) is 22.9 Å². The van der Waals surface area contributed by atoms with Gasteiger partial charge >= 0.3 is 0 Å². The molecule has 0 radical (unpaired) electrons. The first-order chi connectivity index (χ1) is 16.0. The van der Waals surface area contributed by atoms with Crippen LogP contribution in [0.25, 0.3) is 20.7 Å². The Kier molecular flexibility index (Phi) is 5.94. The number of thiophene rings is 2. The van der Waals surface area contributed by atoms with Crippen LogP contribution < -0.4 is 5.56 Å². The van der Waals surface area contributed by atoms with Gasteiger partial charge in [0.05, 0.1) is 16.5 Å². The Bertz CT molecular complexity index is 1390. The normalized spacial score (nSPS) is 13.5. The fourth-order valence-corrected chi connectivity index (χ4v) is 6.66. The van der Waals surface area contributed by atoms with Crippen LogP contribution >= 0.6 is 34.4 Å². The number of carbonyl (C=O) groups excluding carboxylic acids is 2. The molecule has 0 spiro atoms. The van der Waals surface area contributed by atoms with Crippen molar-refractivity contribution < 1.29 is 9.59 Å². The molecule has 5 rings (SSSR count). The minimum Gasteiger partial charge on any atom is -0.287 e. The minimum atomic E-state index is -0.266. The topological polar surface area (TPSA) is 72.3 Å². The molecule has 0 fully saturated rings. The van der Waals surface area contributed by atoms with E-state index in [0.29, 0.717) is 38.8 Å². The first kappa shape index (κ1) is 22.1. The maximum atomic E-state index is 13.5. The number of rotatable bonds is 7. The number of hydrogen-bond acceptors (Lipinski definition) is 7. The van der Waals surface area contributed by atoms with Gasteiger partial charge in [-0.25, -0.2) is 4.98 Å². The second-order valence-corrected chi connectivity index (χ2v) is 11.0. The van der Waals surface area contributed by atoms with E-state index in [9.17, 15) is 14.4 Å². The molecule has 3 aromatic heterocycles. The number of benzene rings is 1. The van der Waals surface area contributed by atoms with Crippen LogP contribution in [0.3, 0.4) is 0 Å². The molecule has 4 aromatic rings. The van der Waals surface area contributed by atoms with Gasteiger partial charge in [0, 0.05) is 34.7 Å². The summed E-state index contributed by atoms with van der Waals surface area (Å²) < 4.78 is 1.74. The highest BCUT2D eigenvalue weighted by molar-refractivity contribution is 7.99. The lowest BCUT2D eigenvalue weighted by Gasteiger charge is -2.16. The Morgan fingerprint density at radius 1 is 0.970 bits per heavy atom. The molecule has 0 saturated heterocycles. The summed E-state index contributed by atoms with van der Waals surface area (Å²) in [5.74, 6) is 0.197. The maximum absolute atomic E-state index is 13.5. The summed E-state index contributed by atoms with van der Waals surface area (Å²) in [4.78, 5) is 46.7. The Hall–Kier alpha value is -2.75. The smallest absolute Gasteiger partial charge is 0.263 e. The maximum Gasteiger partial charge on any atom is 0.263 e. The van der Waals surface area contributed by atoms with Gasteiger partial charge in [0.2, 0.25) is 0 Å². The highest BCUT2D eigenvalue weighted by atomic mass is 32.2. The molecule has 33 heavy (non-hydrogen) atoms. The third-order valence-corrected chi connectivity index (χ3v) is 8.15. The Morgan fingerprint density at radius 3 is 2.33 bits per heavy atom. The molecule has 0 unspecified atom stereocenters. The number of aromatic nitrogens is 2. The summed E-state index contributed by atoms with van der Waals surface area (Å²) in [5.41, 5.74) is 1.79. The zero-order valence-electron chi connectivity index (χ0n) is 18.1. The van der Waals surface area contributed by atoms with E-state index >= 15 is 0 Å². The monoisotopic (exact) mass is 495 g/mol. The van der Waals surface area contributed by atoms with Crippen LogP contribution in [0, 0.1) is 5.92 Å². The third-order valence-electron chi connectivity index (χ3n) is 5.42. The molecule has 1 aliphatic heterocycles. The number of hydrogen-bond donors (Lipinski definition) is 0. The molecular formula is C24H21N3O3S3. The zero-order valence-corrected chi connectivity index (χ0v) is 20.6. The van der Waals surface area contributed by atoms with Crippen molar-refractivity contribution in [3.63, 3.8) is 0 Å². The predicted molar refractivity (Wildman–Crippen MR) is 135 cm³/mol. The summed E-state index contributed by atoms with van der Waals surface area (Å²) >= 11 is 4.49. The molecule has 1 aliphatic rings. The lowest BCUT2D eigenvalue weighted by atomic mass is 10.1. The highest BCUT2D eigenvalue weighted by Gasteiger charge is 2.34. The molecular weight excluding hydrogens is 474 g/mol. The lowest BCUT2D eigenvalue weighted by molar-refractivity contribution is 0.0664. The van der Waals surface area contributed by atoms with Crippen molar-refractivity contribution in [3.05, 3.63) is 68.6 Å². The lowest BCUT2D eigenvalue weighted by Crippen LogP contribution is -2.32. The molecule has 0 atom stereocenters. The van der Waals surface area contributed by atoms with Gasteiger partial charge in [-0.15, -0.1) is 22.7 Å². The van der Waals surface area contributed by atoms with Crippen LogP contribution in [0.2, 0.25) is 0 Å². The van der Waals surface area contributed by atoms with Crippen LogP contribution in [0.5, 0.6) is 0 Å². The largest absolute Gasteiger partial charge is 0.287 e. The Labute approximate surface area is 202 Å². The SMILES string of the molecule is CC(C)Cn1c(SCCN2C(=O)c3ccccc3C2=O)nc2scc(-c3cccs3)c2c1=O. The molecule has 6 nitrogen and oxygen atoms in total. The number of fused-ring (bicyclic) bond motifs is 2. The van der Waals surface area contributed by atoms with E-state index < -0.39 is 0 Å². The van der Waals surface area contributed by atoms with Crippen molar-refractivity contribution in [1.29, 1.82) is 0 Å². The van der Waals surface area contributed by atoms with Crippen LogP contribution in [0.15, 0.2) is 57.1 Å². The molecule has 4 heterocycles. The average Bonchev–Trinajstić information content (AvgIpc) is 3.52. The first-order valence-electron chi connectivity index (χ1n) is 10.6. The molecule has 168 valence electrons. The molecule has 0 N–H and O–H groups in total. The van der Waals surface area contributed by atoms with Crippen molar-refractivity contribution in [3.8, 4) is 10.4 Å². The third kappa shape index (κ3) is 3.94. The van der Waals surface area contributed by atoms with E-state index in [2.05, 4.69) is 13.8 Å². The number of nitrogens with zero attached hydrogens (tertiary/aromatic N) is 3. The molecule has 2 amide bonds. The second kappa shape index (κ2) is 8.89. The summed E-state index contributed by atoms with van der Waals surface area (Å²) in [6.45, 7) is 4.95. The van der Waals surface area contributed by atoms with Gasteiger partial charge in [0.15, 0.2) is 5.16 Å². The van der Waals surface area contributed by atoms with E-state index in [-0.39, 0.29) is 29.8 Å². The van der Waals surface area contributed by atoms with Crippen molar-refractivity contribution in [2.24, 2.45) is 5.92 Å². The zero-order chi connectivity index (χ0) is 23.1. The van der Waals surface area contributed by atoms with Gasteiger partial charge in [0.1, 0.15) is 4.83 Å². The summed E-state index contributed by atoms with van der Waals surface area (Å²) in [5, 5.41) is 5.28. The van der Waals surface area contributed by atoms with Crippen molar-refractivity contribution in [1.82, 2.24) is 14.5 Å². The van der Waals surface area contributed by atoms with E-state index in [1.165, 1.54) is 28.0 Å². The van der Waals surface area contributed by atoms with E-state index in [1.54, 1.807) is 40.2 Å². The minimum absolute atomic E-state index is 0.0402. The van der Waals surface area contributed by atoms with Crippen molar-refractivity contribution in [2.45, 2.75) is 25.5 Å². The summed E-state index contributed by atoms with van der Waals surface area (Å²) in [6, 6.07) is 10.9. The second-order valence-electron chi connectivity index (χ2n) is 8.17. The summed E-state index contributed by atoms with van der Waals surface area (Å²) in [7, 11) is 0. The van der Waals surface area contributed by atoms with Crippen LogP contribution in [-0.4, -0.2) is 38.6 Å². The van der Waals surface area contributed by atoms with Crippen molar-refractivity contribution >= 4 is 56.5 Å². The summed E-state index contributed by atoms with van der Waals surface area (Å²) in [6.07, 6.45) is 0. The van der Waals surface area contributed by atoms with Gasteiger partial charge in [-0.1, -0.05) is 43.8 Å². The molecule has 0 aliphatic carbocycles. The van der Waals surface area contributed by atoms with E-state index in [4.69, 9.17) is 4.98 Å². The highest BCUT2D eigenvalue weighted by Crippen LogP contribution is 2.35. The quantitative estimate of drug-likeness (QED) is 0.199. The van der Waals surface area contributed by atoms with Crippen LogP contribution in [0.4, 0.5) is 0 Å². The Balaban J connectivity index is 1.43. The number of imide groups is 1. The van der Waals surface area contributed by atoms with Gasteiger partial charge in [-0.3, -0.25) is 23.9 Å². The number of carbonyl (C=O) groups is 2. The fourth-order valence-electron chi connectivity index (χ4n) is 3.93.